The third-order valence-electron chi connectivity index (χ3n) is 4.45. The molecule has 0 N–H and O–H groups in total. The SMILES string of the molecule is Cc1sc2ncnc(N3CCCC(n4cncn4)C3)c2c1C. The molecule has 4 rings (SSSR count). The minimum absolute atomic E-state index is 0.362. The highest BCUT2D eigenvalue weighted by Crippen LogP contribution is 2.36. The summed E-state index contributed by atoms with van der Waals surface area (Å²) in [6.07, 6.45) is 7.37. The Balaban J connectivity index is 1.72. The van der Waals surface area contributed by atoms with E-state index in [0.29, 0.717) is 6.04 Å². The van der Waals surface area contributed by atoms with Crippen LogP contribution in [0.2, 0.25) is 0 Å². The van der Waals surface area contributed by atoms with Crippen LogP contribution in [0, 0.1) is 13.8 Å². The summed E-state index contributed by atoms with van der Waals surface area (Å²) in [6.45, 7) is 6.27. The smallest absolute Gasteiger partial charge is 0.141 e. The number of anilines is 1. The van der Waals surface area contributed by atoms with Crippen LogP contribution in [0.25, 0.3) is 10.2 Å². The third-order valence-corrected chi connectivity index (χ3v) is 5.57. The molecule has 3 aromatic heterocycles. The molecule has 1 fully saturated rings. The number of thiophene rings is 1. The fraction of sp³-hybridized carbons (Fsp3) is 0.467. The molecule has 0 aliphatic carbocycles. The van der Waals surface area contributed by atoms with Crippen LogP contribution in [0.1, 0.15) is 29.3 Å². The quantitative estimate of drug-likeness (QED) is 0.728. The zero-order valence-corrected chi connectivity index (χ0v) is 13.5. The van der Waals surface area contributed by atoms with Crippen LogP contribution in [0.15, 0.2) is 19.0 Å². The number of fused-ring (bicyclic) bond motifs is 1. The number of aryl methyl sites for hydroxylation is 2. The Hall–Kier alpha value is -2.02. The average molecular weight is 314 g/mol. The van der Waals surface area contributed by atoms with E-state index in [2.05, 4.69) is 38.8 Å². The molecule has 0 radical (unpaired) electrons. The molecular weight excluding hydrogens is 296 g/mol. The fourth-order valence-corrected chi connectivity index (χ4v) is 4.16. The lowest BCUT2D eigenvalue weighted by Crippen LogP contribution is -2.37. The Bertz CT molecular complexity index is 794. The van der Waals surface area contributed by atoms with Gasteiger partial charge in [0.1, 0.15) is 29.6 Å². The number of nitrogens with zero attached hydrogens (tertiary/aromatic N) is 6. The van der Waals surface area contributed by atoms with Crippen LogP contribution >= 0.6 is 11.3 Å². The van der Waals surface area contributed by atoms with Gasteiger partial charge in [0.05, 0.1) is 11.4 Å². The summed E-state index contributed by atoms with van der Waals surface area (Å²) in [5, 5.41) is 5.51. The molecule has 1 aliphatic rings. The minimum atomic E-state index is 0.362. The van der Waals surface area contributed by atoms with Crippen LogP contribution in [-0.4, -0.2) is 37.8 Å². The Morgan fingerprint density at radius 1 is 1.23 bits per heavy atom. The van der Waals surface area contributed by atoms with E-state index in [1.165, 1.54) is 15.8 Å². The Kier molecular flexibility index (Phi) is 3.29. The number of rotatable bonds is 2. The van der Waals surface area contributed by atoms with Crippen LogP contribution in [0.5, 0.6) is 0 Å². The number of aromatic nitrogens is 5. The molecule has 4 heterocycles. The van der Waals surface area contributed by atoms with Gasteiger partial charge in [0.2, 0.25) is 0 Å². The summed E-state index contributed by atoms with van der Waals surface area (Å²) >= 11 is 1.75. The molecule has 6 nitrogen and oxygen atoms in total. The molecule has 7 heteroatoms. The van der Waals surface area contributed by atoms with Gasteiger partial charge in [0.25, 0.3) is 0 Å². The monoisotopic (exact) mass is 314 g/mol. The first-order valence-corrected chi connectivity index (χ1v) is 8.35. The van der Waals surface area contributed by atoms with Gasteiger partial charge >= 0.3 is 0 Å². The highest BCUT2D eigenvalue weighted by atomic mass is 32.1. The lowest BCUT2D eigenvalue weighted by molar-refractivity contribution is 0.374. The molecule has 0 spiro atoms. The Morgan fingerprint density at radius 3 is 2.95 bits per heavy atom. The van der Waals surface area contributed by atoms with E-state index in [-0.39, 0.29) is 0 Å². The van der Waals surface area contributed by atoms with Crippen molar-refractivity contribution in [1.29, 1.82) is 0 Å². The topological polar surface area (TPSA) is 59.7 Å². The summed E-state index contributed by atoms with van der Waals surface area (Å²) in [5.74, 6) is 1.07. The molecule has 22 heavy (non-hydrogen) atoms. The maximum absolute atomic E-state index is 4.60. The van der Waals surface area contributed by atoms with Crippen molar-refractivity contribution >= 4 is 27.4 Å². The van der Waals surface area contributed by atoms with Gasteiger partial charge in [-0.1, -0.05) is 0 Å². The van der Waals surface area contributed by atoms with Crippen molar-refractivity contribution in [1.82, 2.24) is 24.7 Å². The minimum Gasteiger partial charge on any atom is -0.354 e. The average Bonchev–Trinajstić information content (AvgIpc) is 3.17. The second kappa shape index (κ2) is 5.31. The van der Waals surface area contributed by atoms with Gasteiger partial charge in [0.15, 0.2) is 0 Å². The predicted molar refractivity (Wildman–Crippen MR) is 87.4 cm³/mol. The van der Waals surface area contributed by atoms with Crippen LogP contribution in [0.3, 0.4) is 0 Å². The molecule has 0 saturated carbocycles. The first kappa shape index (κ1) is 13.6. The van der Waals surface area contributed by atoms with E-state index in [0.717, 1.165) is 36.6 Å². The normalized spacial score (nSPS) is 19.0. The molecule has 0 bridgehead atoms. The zero-order chi connectivity index (χ0) is 15.1. The van der Waals surface area contributed by atoms with Gasteiger partial charge in [-0.2, -0.15) is 5.10 Å². The zero-order valence-electron chi connectivity index (χ0n) is 12.7. The van der Waals surface area contributed by atoms with Gasteiger partial charge in [0, 0.05) is 18.0 Å². The van der Waals surface area contributed by atoms with Gasteiger partial charge in [-0.25, -0.2) is 19.6 Å². The van der Waals surface area contributed by atoms with E-state index in [4.69, 9.17) is 0 Å². The highest BCUT2D eigenvalue weighted by Gasteiger charge is 2.25. The van der Waals surface area contributed by atoms with Crippen molar-refractivity contribution in [2.75, 3.05) is 18.0 Å². The van der Waals surface area contributed by atoms with Gasteiger partial charge in [-0.05, 0) is 32.3 Å². The second-order valence-corrected chi connectivity index (χ2v) is 6.98. The Labute approximate surface area is 132 Å². The van der Waals surface area contributed by atoms with E-state index >= 15 is 0 Å². The molecule has 0 aromatic carbocycles. The third kappa shape index (κ3) is 2.16. The lowest BCUT2D eigenvalue weighted by atomic mass is 10.1. The van der Waals surface area contributed by atoms with Crippen molar-refractivity contribution in [2.45, 2.75) is 32.7 Å². The number of piperidine rings is 1. The molecule has 1 aliphatic heterocycles. The molecule has 3 aromatic rings. The van der Waals surface area contributed by atoms with E-state index < -0.39 is 0 Å². The molecule has 1 atom stereocenters. The molecule has 114 valence electrons. The standard InChI is InChI=1S/C15H18N6S/c1-10-11(2)22-15-13(10)14(17-8-18-15)20-5-3-4-12(6-20)21-9-16-7-19-21/h7-9,12H,3-6H2,1-2H3. The summed E-state index contributed by atoms with van der Waals surface area (Å²) < 4.78 is 1.97. The number of hydrogen-bond acceptors (Lipinski definition) is 6. The second-order valence-electron chi connectivity index (χ2n) is 5.78. The van der Waals surface area contributed by atoms with Crippen LogP contribution in [0.4, 0.5) is 5.82 Å². The van der Waals surface area contributed by atoms with Gasteiger partial charge in [-0.15, -0.1) is 11.3 Å². The fourth-order valence-electron chi connectivity index (χ4n) is 3.17. The summed E-state index contributed by atoms with van der Waals surface area (Å²) in [5.41, 5.74) is 1.30. The van der Waals surface area contributed by atoms with Gasteiger partial charge < -0.3 is 4.90 Å². The highest BCUT2D eigenvalue weighted by molar-refractivity contribution is 7.18. The summed E-state index contributed by atoms with van der Waals surface area (Å²) in [4.78, 5) is 17.9. The van der Waals surface area contributed by atoms with Crippen molar-refractivity contribution < 1.29 is 0 Å². The van der Waals surface area contributed by atoms with E-state index in [1.807, 2.05) is 11.0 Å². The summed E-state index contributed by atoms with van der Waals surface area (Å²) in [6, 6.07) is 0.362. The maximum Gasteiger partial charge on any atom is 0.141 e. The summed E-state index contributed by atoms with van der Waals surface area (Å²) in [7, 11) is 0. The first-order valence-electron chi connectivity index (χ1n) is 7.54. The van der Waals surface area contributed by atoms with Crippen LogP contribution in [-0.2, 0) is 0 Å². The van der Waals surface area contributed by atoms with Crippen molar-refractivity contribution in [2.24, 2.45) is 0 Å². The maximum atomic E-state index is 4.60. The largest absolute Gasteiger partial charge is 0.354 e. The number of hydrogen-bond donors (Lipinski definition) is 0. The molecule has 0 amide bonds. The van der Waals surface area contributed by atoms with Crippen molar-refractivity contribution in [3.05, 3.63) is 29.4 Å². The van der Waals surface area contributed by atoms with Crippen molar-refractivity contribution in [3.8, 4) is 0 Å². The van der Waals surface area contributed by atoms with E-state index in [9.17, 15) is 0 Å². The molecule has 1 unspecified atom stereocenters. The first-order chi connectivity index (χ1) is 10.7. The molecular formula is C15H18N6S. The Morgan fingerprint density at radius 2 is 2.14 bits per heavy atom. The van der Waals surface area contributed by atoms with Crippen molar-refractivity contribution in [3.63, 3.8) is 0 Å². The molecule has 1 saturated heterocycles. The van der Waals surface area contributed by atoms with Gasteiger partial charge in [-0.3, -0.25) is 0 Å². The predicted octanol–water partition coefficient (Wildman–Crippen LogP) is 2.74. The lowest BCUT2D eigenvalue weighted by Gasteiger charge is -2.33. The van der Waals surface area contributed by atoms with Crippen LogP contribution < -0.4 is 4.90 Å². The van der Waals surface area contributed by atoms with E-state index in [1.54, 1.807) is 24.0 Å².